The number of rotatable bonds is 62. The van der Waals surface area contributed by atoms with E-state index in [0.717, 1.165) is 135 Å². The summed E-state index contributed by atoms with van der Waals surface area (Å²) in [5, 5.41) is 0. The van der Waals surface area contributed by atoms with Gasteiger partial charge < -0.3 is 14.2 Å². The summed E-state index contributed by atoms with van der Waals surface area (Å²) >= 11 is 0. The van der Waals surface area contributed by atoms with Crippen LogP contribution in [0.25, 0.3) is 0 Å². The van der Waals surface area contributed by atoms with Gasteiger partial charge in [0.2, 0.25) is 0 Å². The molecule has 0 bridgehead atoms. The van der Waals surface area contributed by atoms with Crippen LogP contribution in [0.1, 0.15) is 329 Å². The molecule has 0 aliphatic heterocycles. The molecule has 0 spiro atoms. The molecule has 464 valence electrons. The van der Waals surface area contributed by atoms with E-state index in [9.17, 15) is 14.4 Å². The normalized spacial score (nSPS) is 12.8. The lowest BCUT2D eigenvalue weighted by Gasteiger charge is -2.18. The number of unbranched alkanes of at least 4 members (excludes halogenated alkanes) is 33. The van der Waals surface area contributed by atoms with E-state index in [0.29, 0.717) is 19.3 Å². The molecule has 0 heterocycles. The Morgan fingerprint density at radius 3 is 0.790 bits per heavy atom. The van der Waals surface area contributed by atoms with Gasteiger partial charge in [-0.3, -0.25) is 14.4 Å². The van der Waals surface area contributed by atoms with Crippen molar-refractivity contribution in [3.63, 3.8) is 0 Å². The Bertz CT molecular complexity index is 1620. The molecule has 0 aromatic rings. The SMILES string of the molecule is CC/C=C\C/C=C\C/C=C\C/C=C\C/C=C\C/C=C\CCCCCCCCC(=O)OCC(COC(=O)CCCCCCC/C=C\C/C=C\CCCCC)OC(=O)CCCCCCCCCCCCC/C=C\CCCCCCCCCC. The van der Waals surface area contributed by atoms with E-state index in [1.807, 2.05) is 0 Å². The smallest absolute Gasteiger partial charge is 0.306 e. The van der Waals surface area contributed by atoms with E-state index in [1.54, 1.807) is 0 Å². The van der Waals surface area contributed by atoms with Crippen LogP contribution in [0.5, 0.6) is 0 Å². The lowest BCUT2D eigenvalue weighted by molar-refractivity contribution is -0.167. The third-order valence-electron chi connectivity index (χ3n) is 14.7. The molecule has 0 saturated carbocycles. The average molecular weight is 1130 g/mol. The zero-order valence-corrected chi connectivity index (χ0v) is 53.3. The fourth-order valence-corrected chi connectivity index (χ4v) is 9.59. The van der Waals surface area contributed by atoms with Gasteiger partial charge in [0.05, 0.1) is 0 Å². The summed E-state index contributed by atoms with van der Waals surface area (Å²) in [4.78, 5) is 38.4. The number of carbonyl (C=O) groups is 3. The van der Waals surface area contributed by atoms with Crippen LogP contribution in [-0.2, 0) is 28.6 Å². The minimum absolute atomic E-state index is 0.0901. The highest BCUT2D eigenvalue weighted by atomic mass is 16.6. The molecule has 1 unspecified atom stereocenters. The molecule has 0 aliphatic rings. The fourth-order valence-electron chi connectivity index (χ4n) is 9.59. The summed E-state index contributed by atoms with van der Waals surface area (Å²) in [6.07, 6.45) is 93.8. The van der Waals surface area contributed by atoms with E-state index >= 15 is 0 Å². The Morgan fingerprint density at radius 2 is 0.481 bits per heavy atom. The topological polar surface area (TPSA) is 78.9 Å². The molecule has 0 aliphatic carbocycles. The van der Waals surface area contributed by atoms with Crippen molar-refractivity contribution >= 4 is 17.9 Å². The predicted molar refractivity (Wildman–Crippen MR) is 353 cm³/mol. The van der Waals surface area contributed by atoms with E-state index in [1.165, 1.54) is 154 Å². The first-order valence-corrected chi connectivity index (χ1v) is 34.4. The van der Waals surface area contributed by atoms with Gasteiger partial charge in [-0.2, -0.15) is 0 Å². The van der Waals surface area contributed by atoms with Gasteiger partial charge in [0, 0.05) is 19.3 Å². The third kappa shape index (κ3) is 66.8. The van der Waals surface area contributed by atoms with E-state index in [2.05, 4.69) is 130 Å². The van der Waals surface area contributed by atoms with E-state index < -0.39 is 6.10 Å². The number of allylic oxidation sites excluding steroid dienone is 18. The number of ether oxygens (including phenoxy) is 3. The number of esters is 3. The largest absolute Gasteiger partial charge is 0.462 e. The number of hydrogen-bond donors (Lipinski definition) is 0. The summed E-state index contributed by atoms with van der Waals surface area (Å²) in [5.41, 5.74) is 0. The standard InChI is InChI=1S/C75H128O6/c1-4-7-10-13-16-19-22-25-28-30-32-34-36-37-39-40-42-44-47-50-53-56-59-62-65-68-74(77)80-71-72(70-79-73(76)67-64-61-58-55-52-49-46-27-24-21-18-15-12-9-6-3)81-75(78)69-66-63-60-57-54-51-48-45-43-41-38-35-33-31-29-26-23-20-17-14-11-8-5-2/h7,10,16,18-19,21,25,27-28,31-34,37,39,42,44,46,72H,4-6,8-9,11-15,17,20,22-24,26,29-30,35-36,38,40-41,43,45,47-71H2,1-3H3/b10-7-,19-16-,21-18-,28-25-,33-31-,34-32-,39-37-,44-42-,46-27-. The summed E-state index contributed by atoms with van der Waals surface area (Å²) in [6.45, 7) is 6.51. The molecule has 0 fully saturated rings. The van der Waals surface area contributed by atoms with Crippen LogP contribution < -0.4 is 0 Å². The molecule has 1 atom stereocenters. The van der Waals surface area contributed by atoms with Crippen molar-refractivity contribution in [2.45, 2.75) is 335 Å². The van der Waals surface area contributed by atoms with Crippen molar-refractivity contribution < 1.29 is 28.6 Å². The summed E-state index contributed by atoms with van der Waals surface area (Å²) in [6, 6.07) is 0. The van der Waals surface area contributed by atoms with Crippen molar-refractivity contribution in [3.8, 4) is 0 Å². The lowest BCUT2D eigenvalue weighted by Crippen LogP contribution is -2.30. The Balaban J connectivity index is 4.39. The van der Waals surface area contributed by atoms with Gasteiger partial charge in [0.25, 0.3) is 0 Å². The van der Waals surface area contributed by atoms with Gasteiger partial charge in [-0.15, -0.1) is 0 Å². The zero-order chi connectivity index (χ0) is 58.5. The molecule has 0 saturated heterocycles. The summed E-state index contributed by atoms with van der Waals surface area (Å²) < 4.78 is 17.0. The Hall–Kier alpha value is -3.93. The van der Waals surface area contributed by atoms with Crippen molar-refractivity contribution in [3.05, 3.63) is 109 Å². The first-order chi connectivity index (χ1) is 40.0. The zero-order valence-electron chi connectivity index (χ0n) is 53.3. The Kier molecular flexibility index (Phi) is 65.2. The predicted octanol–water partition coefficient (Wildman–Crippen LogP) is 23.8. The molecule has 0 rings (SSSR count). The molecule has 6 heteroatoms. The molecule has 0 aromatic carbocycles. The quantitative estimate of drug-likeness (QED) is 0.0261. The van der Waals surface area contributed by atoms with Gasteiger partial charge >= 0.3 is 17.9 Å². The second-order valence-electron chi connectivity index (χ2n) is 22.7. The maximum absolute atomic E-state index is 13.0. The van der Waals surface area contributed by atoms with Crippen molar-refractivity contribution in [1.29, 1.82) is 0 Å². The van der Waals surface area contributed by atoms with Crippen LogP contribution in [0, 0.1) is 0 Å². The minimum atomic E-state index is -0.794. The highest BCUT2D eigenvalue weighted by Gasteiger charge is 2.19. The maximum Gasteiger partial charge on any atom is 0.306 e. The highest BCUT2D eigenvalue weighted by molar-refractivity contribution is 5.71. The molecule has 0 N–H and O–H groups in total. The van der Waals surface area contributed by atoms with Gasteiger partial charge in [0.1, 0.15) is 13.2 Å². The highest BCUT2D eigenvalue weighted by Crippen LogP contribution is 2.16. The van der Waals surface area contributed by atoms with Crippen molar-refractivity contribution in [2.75, 3.05) is 13.2 Å². The number of carbonyl (C=O) groups excluding carboxylic acids is 3. The lowest BCUT2D eigenvalue weighted by atomic mass is 10.0. The monoisotopic (exact) mass is 1120 g/mol. The molecular weight excluding hydrogens is 997 g/mol. The third-order valence-corrected chi connectivity index (χ3v) is 14.7. The minimum Gasteiger partial charge on any atom is -0.462 e. The second kappa shape index (κ2) is 68.6. The van der Waals surface area contributed by atoms with Crippen LogP contribution in [0.4, 0.5) is 0 Å². The molecular formula is C75H128O6. The van der Waals surface area contributed by atoms with Crippen LogP contribution in [-0.4, -0.2) is 37.2 Å². The second-order valence-corrected chi connectivity index (χ2v) is 22.7. The molecule has 0 radical (unpaired) electrons. The number of hydrogen-bond acceptors (Lipinski definition) is 6. The van der Waals surface area contributed by atoms with Gasteiger partial charge in [-0.1, -0.05) is 291 Å². The van der Waals surface area contributed by atoms with E-state index in [4.69, 9.17) is 14.2 Å². The van der Waals surface area contributed by atoms with E-state index in [-0.39, 0.29) is 31.1 Å². The summed E-state index contributed by atoms with van der Waals surface area (Å²) in [5.74, 6) is -0.907. The molecule has 81 heavy (non-hydrogen) atoms. The van der Waals surface area contributed by atoms with Gasteiger partial charge in [-0.25, -0.2) is 0 Å². The van der Waals surface area contributed by atoms with Crippen molar-refractivity contribution in [2.24, 2.45) is 0 Å². The molecule has 6 nitrogen and oxygen atoms in total. The maximum atomic E-state index is 13.0. The van der Waals surface area contributed by atoms with Crippen LogP contribution in [0.2, 0.25) is 0 Å². The average Bonchev–Trinajstić information content (AvgIpc) is 3.47. The van der Waals surface area contributed by atoms with Gasteiger partial charge in [0.15, 0.2) is 6.10 Å². The first-order valence-electron chi connectivity index (χ1n) is 34.4. The molecule has 0 aromatic heterocycles. The van der Waals surface area contributed by atoms with Gasteiger partial charge in [-0.05, 0) is 128 Å². The van der Waals surface area contributed by atoms with Crippen LogP contribution in [0.3, 0.4) is 0 Å². The molecule has 0 amide bonds. The Morgan fingerprint density at radius 1 is 0.259 bits per heavy atom. The van der Waals surface area contributed by atoms with Crippen molar-refractivity contribution in [1.82, 2.24) is 0 Å². The Labute approximate surface area is 501 Å². The summed E-state index contributed by atoms with van der Waals surface area (Å²) in [7, 11) is 0. The fraction of sp³-hybridized carbons (Fsp3) is 0.720. The first kappa shape index (κ1) is 77.1. The van der Waals surface area contributed by atoms with Crippen LogP contribution >= 0.6 is 0 Å². The van der Waals surface area contributed by atoms with Crippen LogP contribution in [0.15, 0.2) is 109 Å².